The van der Waals surface area contributed by atoms with Crippen LogP contribution in [0.4, 0.5) is 15.2 Å². The minimum atomic E-state index is -0.928. The maximum atomic E-state index is 13.4. The molecule has 0 unspecified atom stereocenters. The van der Waals surface area contributed by atoms with Crippen LogP contribution < -0.4 is 15.4 Å². The number of amides is 2. The van der Waals surface area contributed by atoms with Gasteiger partial charge in [0.2, 0.25) is 0 Å². The molecule has 0 radical (unpaired) electrons. The Labute approximate surface area is 147 Å². The third-order valence-electron chi connectivity index (χ3n) is 2.67. The predicted octanol–water partition coefficient (Wildman–Crippen LogP) is 3.55. The van der Waals surface area contributed by atoms with Crippen molar-refractivity contribution in [2.24, 2.45) is 5.92 Å². The van der Waals surface area contributed by atoms with Crippen molar-refractivity contribution >= 4 is 45.6 Å². The van der Waals surface area contributed by atoms with Crippen LogP contribution in [-0.4, -0.2) is 23.4 Å². The van der Waals surface area contributed by atoms with Crippen LogP contribution in [0.25, 0.3) is 0 Å². The highest BCUT2D eigenvalue weighted by Gasteiger charge is 2.18. The van der Waals surface area contributed by atoms with Crippen molar-refractivity contribution in [2.45, 2.75) is 13.8 Å². The topological polar surface area (TPSA) is 80.3 Å². The number of nitrogens with one attached hydrogen (secondary N) is 2. The van der Waals surface area contributed by atoms with Gasteiger partial charge in [-0.2, -0.15) is 0 Å². The summed E-state index contributed by atoms with van der Waals surface area (Å²) in [6, 6.07) is 3.64. The molecule has 0 aliphatic carbocycles. The van der Waals surface area contributed by atoms with Gasteiger partial charge in [-0.3, -0.25) is 14.9 Å². The molecule has 0 bridgehead atoms. The summed E-state index contributed by atoms with van der Waals surface area (Å²) in [6.07, 6.45) is 1.36. The van der Waals surface area contributed by atoms with Gasteiger partial charge in [0.15, 0.2) is 5.13 Å². The first-order valence-electron chi connectivity index (χ1n) is 7.01. The number of thiazole rings is 1. The summed E-state index contributed by atoms with van der Waals surface area (Å²) in [4.78, 5) is 27.6. The molecular formula is C15H15ClFN3O3S. The Bertz CT molecular complexity index is 751. The van der Waals surface area contributed by atoms with Crippen LogP contribution in [0.15, 0.2) is 24.4 Å². The molecule has 0 spiro atoms. The average Bonchev–Trinajstić information content (AvgIpc) is 2.92. The second-order valence-corrected chi connectivity index (χ2v) is 6.89. The number of carbonyl (C=O) groups excluding carboxylic acids is 2. The van der Waals surface area contributed by atoms with E-state index in [1.54, 1.807) is 0 Å². The maximum absolute atomic E-state index is 13.4. The van der Waals surface area contributed by atoms with Gasteiger partial charge in [-0.1, -0.05) is 36.8 Å². The van der Waals surface area contributed by atoms with E-state index in [1.165, 1.54) is 12.3 Å². The molecule has 0 aliphatic heterocycles. The van der Waals surface area contributed by atoms with Crippen molar-refractivity contribution in [1.29, 1.82) is 0 Å². The number of benzene rings is 1. The van der Waals surface area contributed by atoms with Crippen molar-refractivity contribution in [2.75, 3.05) is 17.2 Å². The van der Waals surface area contributed by atoms with E-state index in [0.29, 0.717) is 10.9 Å². The first-order valence-corrected chi connectivity index (χ1v) is 8.20. The van der Waals surface area contributed by atoms with Crippen molar-refractivity contribution < 1.29 is 18.7 Å². The number of aromatic nitrogens is 1. The highest BCUT2D eigenvalue weighted by atomic mass is 35.5. The van der Waals surface area contributed by atoms with E-state index in [9.17, 15) is 14.0 Å². The van der Waals surface area contributed by atoms with Gasteiger partial charge >= 0.3 is 11.8 Å². The lowest BCUT2D eigenvalue weighted by Gasteiger charge is -2.13. The molecule has 0 saturated heterocycles. The quantitative estimate of drug-likeness (QED) is 0.788. The van der Waals surface area contributed by atoms with E-state index in [-0.39, 0.29) is 22.5 Å². The van der Waals surface area contributed by atoms with Gasteiger partial charge in [0.05, 0.1) is 18.5 Å². The number of ether oxygens (including phenoxy) is 1. The van der Waals surface area contributed by atoms with Crippen LogP contribution in [0.1, 0.15) is 13.8 Å². The molecule has 2 N–H and O–H groups in total. The zero-order valence-corrected chi connectivity index (χ0v) is 14.5. The lowest BCUT2D eigenvalue weighted by atomic mass is 10.2. The normalized spacial score (nSPS) is 10.5. The third kappa shape index (κ3) is 5.17. The van der Waals surface area contributed by atoms with E-state index in [4.69, 9.17) is 16.3 Å². The maximum Gasteiger partial charge on any atom is 0.315 e. The molecule has 2 rings (SSSR count). The number of hydrogen-bond acceptors (Lipinski definition) is 5. The summed E-state index contributed by atoms with van der Waals surface area (Å²) in [5, 5.41) is 4.91. The number of carbonyl (C=O) groups is 2. The molecule has 2 amide bonds. The summed E-state index contributed by atoms with van der Waals surface area (Å²) in [7, 11) is 0. The fourth-order valence-electron chi connectivity index (χ4n) is 1.62. The van der Waals surface area contributed by atoms with E-state index < -0.39 is 17.6 Å². The summed E-state index contributed by atoms with van der Waals surface area (Å²) in [5.41, 5.74) is 0.203. The second kappa shape index (κ2) is 8.07. The Morgan fingerprint density at radius 3 is 2.67 bits per heavy atom. The number of nitrogens with zero attached hydrogens (tertiary/aromatic N) is 1. The minimum absolute atomic E-state index is 0.155. The second-order valence-electron chi connectivity index (χ2n) is 5.22. The average molecular weight is 372 g/mol. The lowest BCUT2D eigenvalue weighted by molar-refractivity contribution is -0.133. The molecule has 2 aromatic rings. The van der Waals surface area contributed by atoms with E-state index in [1.807, 2.05) is 13.8 Å². The number of rotatable bonds is 5. The van der Waals surface area contributed by atoms with E-state index in [0.717, 1.165) is 23.5 Å². The van der Waals surface area contributed by atoms with Crippen LogP contribution in [0.5, 0.6) is 5.75 Å². The third-order valence-corrected chi connectivity index (χ3v) is 3.70. The van der Waals surface area contributed by atoms with Gasteiger partial charge in [0.1, 0.15) is 15.9 Å². The monoisotopic (exact) mass is 371 g/mol. The zero-order valence-electron chi connectivity index (χ0n) is 12.9. The van der Waals surface area contributed by atoms with E-state index >= 15 is 0 Å². The smallest absolute Gasteiger partial charge is 0.315 e. The van der Waals surface area contributed by atoms with Crippen LogP contribution in [0.3, 0.4) is 0 Å². The summed E-state index contributed by atoms with van der Waals surface area (Å²) in [6.45, 7) is 4.21. The molecular weight excluding hydrogens is 357 g/mol. The number of hydrogen-bond donors (Lipinski definition) is 2. The van der Waals surface area contributed by atoms with E-state index in [2.05, 4.69) is 15.6 Å². The fourth-order valence-corrected chi connectivity index (χ4v) is 2.43. The Hall–Kier alpha value is -2.19. The van der Waals surface area contributed by atoms with Crippen LogP contribution in [0, 0.1) is 11.7 Å². The largest absolute Gasteiger partial charge is 0.491 e. The first kappa shape index (κ1) is 18.2. The molecule has 0 fully saturated rings. The van der Waals surface area contributed by atoms with Gasteiger partial charge in [-0.05, 0) is 18.1 Å². The summed E-state index contributed by atoms with van der Waals surface area (Å²) >= 11 is 6.73. The highest BCUT2D eigenvalue weighted by Crippen LogP contribution is 2.26. The van der Waals surface area contributed by atoms with Crippen molar-refractivity contribution in [3.8, 4) is 5.75 Å². The van der Waals surface area contributed by atoms with Crippen LogP contribution in [0.2, 0.25) is 4.34 Å². The Balaban J connectivity index is 2.05. The van der Waals surface area contributed by atoms with Gasteiger partial charge in [-0.15, -0.1) is 0 Å². The van der Waals surface area contributed by atoms with Gasteiger partial charge in [-0.25, -0.2) is 9.37 Å². The molecule has 1 aromatic heterocycles. The highest BCUT2D eigenvalue weighted by molar-refractivity contribution is 7.19. The Morgan fingerprint density at radius 2 is 2.04 bits per heavy atom. The van der Waals surface area contributed by atoms with Crippen LogP contribution >= 0.6 is 22.9 Å². The van der Waals surface area contributed by atoms with Crippen molar-refractivity contribution in [3.63, 3.8) is 0 Å². The summed E-state index contributed by atoms with van der Waals surface area (Å²) < 4.78 is 19.2. The molecule has 128 valence electrons. The molecule has 0 aliphatic rings. The number of halogens is 2. The SMILES string of the molecule is CC(C)COc1cc(F)ccc1NC(=O)C(=O)Nc1ncc(Cl)s1. The minimum Gasteiger partial charge on any atom is -0.491 e. The predicted molar refractivity (Wildman–Crippen MR) is 91.1 cm³/mol. The van der Waals surface area contributed by atoms with Crippen LogP contribution in [-0.2, 0) is 9.59 Å². The Kier molecular flexibility index (Phi) is 6.10. The molecule has 24 heavy (non-hydrogen) atoms. The molecule has 9 heteroatoms. The molecule has 1 heterocycles. The lowest BCUT2D eigenvalue weighted by Crippen LogP contribution is -2.29. The number of anilines is 2. The van der Waals surface area contributed by atoms with Crippen molar-refractivity contribution in [3.05, 3.63) is 34.5 Å². The molecule has 0 atom stereocenters. The molecule has 6 nitrogen and oxygen atoms in total. The zero-order chi connectivity index (χ0) is 17.7. The van der Waals surface area contributed by atoms with Gasteiger partial charge in [0, 0.05) is 6.07 Å². The standard InChI is InChI=1S/C15H15ClFN3O3S/c1-8(2)7-23-11-5-9(17)3-4-10(11)19-13(21)14(22)20-15-18-6-12(16)24-15/h3-6,8H,7H2,1-2H3,(H,19,21)(H,18,20,22). The molecule has 0 saturated carbocycles. The first-order chi connectivity index (χ1) is 11.3. The summed E-state index contributed by atoms with van der Waals surface area (Å²) in [5.74, 6) is -1.98. The molecule has 1 aromatic carbocycles. The Morgan fingerprint density at radius 1 is 1.33 bits per heavy atom. The van der Waals surface area contributed by atoms with Gasteiger partial charge in [0.25, 0.3) is 0 Å². The van der Waals surface area contributed by atoms with Gasteiger partial charge < -0.3 is 10.1 Å². The van der Waals surface area contributed by atoms with Crippen molar-refractivity contribution in [1.82, 2.24) is 4.98 Å². The fraction of sp³-hybridized carbons (Fsp3) is 0.267.